The van der Waals surface area contributed by atoms with E-state index in [9.17, 15) is 0 Å². The van der Waals surface area contributed by atoms with Gasteiger partial charge >= 0.3 is 0 Å². The summed E-state index contributed by atoms with van der Waals surface area (Å²) >= 11 is 0. The van der Waals surface area contributed by atoms with Gasteiger partial charge in [-0.1, -0.05) is 95.2 Å². The van der Waals surface area contributed by atoms with Gasteiger partial charge in [-0.25, -0.2) is 9.13 Å². The van der Waals surface area contributed by atoms with Gasteiger partial charge in [0.15, 0.2) is 18.6 Å². The SMILES string of the molecule is CCCCCCCCCCCCCCCC[n+]1ccccc1.C[n+]1ccccc1C=NO.[Cl-].[Cl-]. The Kier molecular flexibility index (Phi) is 26.4. The van der Waals surface area contributed by atoms with E-state index in [1.165, 1.54) is 103 Å². The third-order valence-corrected chi connectivity index (χ3v) is 5.83. The molecule has 0 aromatic carbocycles. The standard InChI is InChI=1S/C21H38N.C7H8N2O.2ClH/c1-2-3-4-5-6-7-8-9-10-11-12-13-14-16-19-22-20-17-15-18-21-22;1-9-5-3-2-4-7(9)6-8-10;;/h15,17-18,20-21H,2-14,16,19H2,1H3;2-6H,1H3;2*1H/q+1;;;/p-1. The molecule has 0 saturated carbocycles. The number of hydrogen-bond acceptors (Lipinski definition) is 2. The molecule has 0 fully saturated rings. The molecule has 0 bridgehead atoms. The van der Waals surface area contributed by atoms with Crippen molar-refractivity contribution in [2.45, 2.75) is 103 Å². The molecule has 0 aliphatic rings. The van der Waals surface area contributed by atoms with Gasteiger partial charge in [-0.2, -0.15) is 0 Å². The van der Waals surface area contributed by atoms with Crippen LogP contribution in [0.5, 0.6) is 0 Å². The highest BCUT2D eigenvalue weighted by molar-refractivity contribution is 5.74. The summed E-state index contributed by atoms with van der Waals surface area (Å²) < 4.78 is 4.15. The lowest BCUT2D eigenvalue weighted by Gasteiger charge is -2.02. The molecule has 0 aliphatic carbocycles. The van der Waals surface area contributed by atoms with Crippen molar-refractivity contribution in [1.29, 1.82) is 0 Å². The molecule has 0 radical (unpaired) electrons. The molecule has 0 unspecified atom stereocenters. The molecular weight excluding hydrogens is 465 g/mol. The molecule has 0 saturated heterocycles. The summed E-state index contributed by atoms with van der Waals surface area (Å²) in [5.74, 6) is 0. The number of hydrogen-bond donors (Lipinski definition) is 1. The molecule has 0 aliphatic heterocycles. The average Bonchev–Trinajstić information content (AvgIpc) is 2.82. The highest BCUT2D eigenvalue weighted by Gasteiger charge is 1.99. The molecule has 0 atom stereocenters. The summed E-state index contributed by atoms with van der Waals surface area (Å²) in [6, 6.07) is 12.0. The van der Waals surface area contributed by atoms with E-state index in [4.69, 9.17) is 5.21 Å². The zero-order valence-electron chi connectivity index (χ0n) is 21.4. The second-order valence-corrected chi connectivity index (χ2v) is 8.69. The Morgan fingerprint density at radius 3 is 1.62 bits per heavy atom. The number of aryl methyl sites for hydroxylation is 2. The fraction of sp³-hybridized carbons (Fsp3) is 0.607. The van der Waals surface area contributed by atoms with Crippen molar-refractivity contribution in [3.63, 3.8) is 0 Å². The summed E-state index contributed by atoms with van der Waals surface area (Å²) in [4.78, 5) is 0. The van der Waals surface area contributed by atoms with Gasteiger partial charge < -0.3 is 30.0 Å². The van der Waals surface area contributed by atoms with Crippen LogP contribution in [0.1, 0.15) is 103 Å². The van der Waals surface area contributed by atoms with E-state index < -0.39 is 0 Å². The molecule has 194 valence electrons. The summed E-state index contributed by atoms with van der Waals surface area (Å²) in [6.07, 6.45) is 27.7. The quantitative estimate of drug-likeness (QED) is 0.117. The van der Waals surface area contributed by atoms with E-state index in [0.717, 1.165) is 5.69 Å². The van der Waals surface area contributed by atoms with E-state index in [-0.39, 0.29) is 24.8 Å². The van der Waals surface area contributed by atoms with Crippen LogP contribution in [0.25, 0.3) is 0 Å². The lowest BCUT2D eigenvalue weighted by atomic mass is 10.0. The molecule has 2 rings (SSSR count). The van der Waals surface area contributed by atoms with Crippen LogP contribution in [0, 0.1) is 0 Å². The number of pyridine rings is 2. The molecule has 0 spiro atoms. The van der Waals surface area contributed by atoms with E-state index >= 15 is 0 Å². The summed E-state index contributed by atoms with van der Waals surface area (Å²) in [6.45, 7) is 3.47. The highest BCUT2D eigenvalue weighted by Crippen LogP contribution is 2.12. The molecular formula is C28H47Cl2N3O. The van der Waals surface area contributed by atoms with Gasteiger partial charge in [0.2, 0.25) is 5.69 Å². The van der Waals surface area contributed by atoms with Gasteiger partial charge in [-0.3, -0.25) is 0 Å². The molecule has 1 N–H and O–H groups in total. The van der Waals surface area contributed by atoms with Gasteiger partial charge in [0, 0.05) is 30.7 Å². The molecule has 0 amide bonds. The molecule has 6 heteroatoms. The highest BCUT2D eigenvalue weighted by atomic mass is 35.5. The maximum atomic E-state index is 8.20. The fourth-order valence-electron chi connectivity index (χ4n) is 3.80. The van der Waals surface area contributed by atoms with E-state index in [1.807, 2.05) is 36.0 Å². The second-order valence-electron chi connectivity index (χ2n) is 8.69. The normalized spacial score (nSPS) is 10.2. The Hall–Kier alpha value is -1.65. The predicted octanol–water partition coefficient (Wildman–Crippen LogP) is 0.783. The number of aromatic nitrogens is 2. The Balaban J connectivity index is 0. The van der Waals surface area contributed by atoms with Crippen LogP contribution in [0.2, 0.25) is 0 Å². The molecule has 2 heterocycles. The summed E-state index contributed by atoms with van der Waals surface area (Å²) in [5.41, 5.74) is 0.866. The first kappa shape index (κ1) is 34.5. The Labute approximate surface area is 221 Å². The third kappa shape index (κ3) is 19.8. The van der Waals surface area contributed by atoms with Crippen molar-refractivity contribution < 1.29 is 39.2 Å². The lowest BCUT2D eigenvalue weighted by molar-refractivity contribution is -0.697. The van der Waals surface area contributed by atoms with Gasteiger partial charge in [0.1, 0.15) is 19.8 Å². The van der Waals surface area contributed by atoms with Crippen LogP contribution in [-0.2, 0) is 13.6 Å². The van der Waals surface area contributed by atoms with E-state index in [2.05, 4.69) is 47.2 Å². The van der Waals surface area contributed by atoms with E-state index in [0.29, 0.717) is 0 Å². The van der Waals surface area contributed by atoms with Crippen LogP contribution in [-0.4, -0.2) is 11.4 Å². The number of nitrogens with zero attached hydrogens (tertiary/aromatic N) is 3. The van der Waals surface area contributed by atoms with Crippen LogP contribution in [0.3, 0.4) is 0 Å². The summed E-state index contributed by atoms with van der Waals surface area (Å²) in [5, 5.41) is 11.1. The third-order valence-electron chi connectivity index (χ3n) is 5.83. The number of unbranched alkanes of at least 4 members (excludes halogenated alkanes) is 13. The van der Waals surface area contributed by atoms with Crippen molar-refractivity contribution >= 4 is 6.21 Å². The molecule has 4 nitrogen and oxygen atoms in total. The smallest absolute Gasteiger partial charge is 0.226 e. The summed E-state index contributed by atoms with van der Waals surface area (Å²) in [7, 11) is 1.89. The monoisotopic (exact) mass is 511 g/mol. The van der Waals surface area contributed by atoms with Gasteiger partial charge in [-0.15, -0.1) is 0 Å². The molecule has 34 heavy (non-hydrogen) atoms. The van der Waals surface area contributed by atoms with Crippen LogP contribution in [0.4, 0.5) is 0 Å². The number of rotatable bonds is 16. The minimum atomic E-state index is 0. The minimum absolute atomic E-state index is 0. The second kappa shape index (κ2) is 26.0. The van der Waals surface area contributed by atoms with Gasteiger partial charge in [-0.05, 0) is 12.5 Å². The number of oxime groups is 1. The van der Waals surface area contributed by atoms with Crippen LogP contribution >= 0.6 is 0 Å². The largest absolute Gasteiger partial charge is 1.00 e. The van der Waals surface area contributed by atoms with Gasteiger partial charge in [0.25, 0.3) is 0 Å². The Morgan fingerprint density at radius 2 is 1.15 bits per heavy atom. The average molecular weight is 513 g/mol. The first-order valence-corrected chi connectivity index (χ1v) is 12.8. The van der Waals surface area contributed by atoms with Crippen molar-refractivity contribution in [2.75, 3.05) is 0 Å². The minimum Gasteiger partial charge on any atom is -1.00 e. The Bertz CT molecular complexity index is 699. The molecule has 2 aromatic rings. The van der Waals surface area contributed by atoms with Crippen molar-refractivity contribution in [3.05, 3.63) is 60.7 Å². The predicted molar refractivity (Wildman–Crippen MR) is 134 cm³/mol. The zero-order chi connectivity index (χ0) is 23.1. The van der Waals surface area contributed by atoms with Gasteiger partial charge in [0.05, 0.1) is 0 Å². The lowest BCUT2D eigenvalue weighted by Crippen LogP contribution is -3.00. The van der Waals surface area contributed by atoms with Crippen molar-refractivity contribution in [3.8, 4) is 0 Å². The first-order chi connectivity index (χ1) is 15.8. The van der Waals surface area contributed by atoms with Crippen LogP contribution < -0.4 is 33.9 Å². The maximum Gasteiger partial charge on any atom is 0.226 e. The van der Waals surface area contributed by atoms with Crippen molar-refractivity contribution in [2.24, 2.45) is 12.2 Å². The Morgan fingerprint density at radius 1 is 0.676 bits per heavy atom. The first-order valence-electron chi connectivity index (χ1n) is 12.8. The zero-order valence-corrected chi connectivity index (χ0v) is 22.9. The molecule has 2 aromatic heterocycles. The fourth-order valence-corrected chi connectivity index (χ4v) is 3.80. The maximum absolute atomic E-state index is 8.20. The van der Waals surface area contributed by atoms with E-state index in [1.54, 1.807) is 0 Å². The number of halogens is 2. The topological polar surface area (TPSA) is 40.3 Å². The van der Waals surface area contributed by atoms with Crippen molar-refractivity contribution in [1.82, 2.24) is 0 Å². The van der Waals surface area contributed by atoms with Crippen LogP contribution in [0.15, 0.2) is 60.1 Å².